The monoisotopic (exact) mass is 487 g/mol. The molecule has 0 atom stereocenters. The number of aromatic amines is 1. The number of carbonyl (C=O) groups excluding carboxylic acids is 1. The maximum Gasteiger partial charge on any atom is 0.256 e. The second kappa shape index (κ2) is 9.50. The minimum absolute atomic E-state index is 0.0948. The molecule has 3 N–H and O–H groups in total. The van der Waals surface area contributed by atoms with E-state index >= 15 is 0 Å². The van der Waals surface area contributed by atoms with Crippen LogP contribution in [0.15, 0.2) is 36.8 Å². The van der Waals surface area contributed by atoms with Crippen molar-refractivity contribution in [2.75, 3.05) is 41.8 Å². The number of aromatic nitrogens is 6. The molecule has 1 fully saturated rings. The fraction of sp³-hybridized carbons (Fsp3) is 0.360. The van der Waals surface area contributed by atoms with Crippen LogP contribution in [0.5, 0.6) is 0 Å². The van der Waals surface area contributed by atoms with Gasteiger partial charge in [-0.3, -0.25) is 9.89 Å². The summed E-state index contributed by atoms with van der Waals surface area (Å²) in [5.74, 6) is 1.38. The predicted octanol–water partition coefficient (Wildman–Crippen LogP) is 3.58. The van der Waals surface area contributed by atoms with Crippen molar-refractivity contribution in [2.24, 2.45) is 0 Å². The van der Waals surface area contributed by atoms with Crippen LogP contribution in [0.2, 0.25) is 0 Å². The lowest BCUT2D eigenvalue weighted by atomic mass is 9.92. The first kappa shape index (κ1) is 23.6. The molecule has 0 bridgehead atoms. The van der Waals surface area contributed by atoms with Crippen molar-refractivity contribution in [1.82, 2.24) is 30.1 Å². The molecule has 1 aliphatic rings. The second-order valence-electron chi connectivity index (χ2n) is 9.75. The Balaban J connectivity index is 1.40. The predicted molar refractivity (Wildman–Crippen MR) is 138 cm³/mol. The highest BCUT2D eigenvalue weighted by atomic mass is 16.5. The molecule has 3 aromatic heterocycles. The van der Waals surface area contributed by atoms with Gasteiger partial charge in [-0.1, -0.05) is 26.8 Å². The summed E-state index contributed by atoms with van der Waals surface area (Å²) in [4.78, 5) is 33.0. The number of carbonyl (C=O) groups is 1. The maximum atomic E-state index is 13.0. The number of nitrogens with zero attached hydrogens (tertiary/aromatic N) is 6. The molecule has 11 nitrogen and oxygen atoms in total. The Morgan fingerprint density at radius 1 is 1.11 bits per heavy atom. The van der Waals surface area contributed by atoms with Gasteiger partial charge in [0.05, 0.1) is 19.4 Å². The van der Waals surface area contributed by atoms with Crippen LogP contribution in [0.1, 0.15) is 42.4 Å². The Labute approximate surface area is 208 Å². The Morgan fingerprint density at radius 3 is 2.67 bits per heavy atom. The number of benzene rings is 1. The number of fused-ring (bicyclic) bond motifs is 1. The normalized spacial score (nSPS) is 14.2. The molecule has 4 heterocycles. The highest BCUT2D eigenvalue weighted by Crippen LogP contribution is 2.27. The van der Waals surface area contributed by atoms with Gasteiger partial charge >= 0.3 is 0 Å². The summed E-state index contributed by atoms with van der Waals surface area (Å²) in [5, 5.41) is 13.4. The van der Waals surface area contributed by atoms with Gasteiger partial charge in [-0.2, -0.15) is 5.10 Å². The molecule has 5 rings (SSSR count). The summed E-state index contributed by atoms with van der Waals surface area (Å²) in [6.07, 6.45) is 3.17. The number of hydrogen-bond acceptors (Lipinski definition) is 9. The van der Waals surface area contributed by atoms with Gasteiger partial charge in [-0.15, -0.1) is 0 Å². The van der Waals surface area contributed by atoms with Gasteiger partial charge in [-0.05, 0) is 24.6 Å². The van der Waals surface area contributed by atoms with Crippen LogP contribution < -0.4 is 15.5 Å². The molecule has 1 aromatic carbocycles. The Kier molecular flexibility index (Phi) is 6.23. The SMILES string of the molecule is Cc1ccc(C(=O)Nc2cc(C(C)(C)C)[nH]n2)cc1Nc1ncnc2cnc(N3CCOCC3)nc12. The molecule has 1 amide bonds. The second-order valence-corrected chi connectivity index (χ2v) is 9.75. The number of ether oxygens (including phenoxy) is 1. The summed E-state index contributed by atoms with van der Waals surface area (Å²) in [6, 6.07) is 7.31. The Hall–Kier alpha value is -4.12. The van der Waals surface area contributed by atoms with Crippen LogP contribution in [0.4, 0.5) is 23.3 Å². The van der Waals surface area contributed by atoms with E-state index in [4.69, 9.17) is 9.72 Å². The standard InChI is InChI=1S/C25H29N9O2/c1-15-5-6-16(23(35)30-20-12-19(32-33-20)25(2,3)4)11-17(15)29-22-21-18(27-14-28-22)13-26-24(31-21)34-7-9-36-10-8-34/h5-6,11-14H,7-10H2,1-4H3,(H,27,28,29)(H2,30,32,33,35). The minimum Gasteiger partial charge on any atom is -0.378 e. The summed E-state index contributed by atoms with van der Waals surface area (Å²) < 4.78 is 5.44. The number of morpholine rings is 1. The van der Waals surface area contributed by atoms with E-state index in [1.807, 2.05) is 19.1 Å². The largest absolute Gasteiger partial charge is 0.378 e. The van der Waals surface area contributed by atoms with Crippen molar-refractivity contribution in [3.63, 3.8) is 0 Å². The first-order chi connectivity index (χ1) is 17.3. The van der Waals surface area contributed by atoms with Crippen molar-refractivity contribution in [3.8, 4) is 0 Å². The van der Waals surface area contributed by atoms with Gasteiger partial charge in [0.15, 0.2) is 11.6 Å². The maximum absolute atomic E-state index is 13.0. The van der Waals surface area contributed by atoms with Gasteiger partial charge in [-0.25, -0.2) is 19.9 Å². The van der Waals surface area contributed by atoms with Crippen LogP contribution >= 0.6 is 0 Å². The van der Waals surface area contributed by atoms with Crippen LogP contribution in [-0.2, 0) is 10.2 Å². The van der Waals surface area contributed by atoms with Crippen LogP contribution in [0.3, 0.4) is 0 Å². The van der Waals surface area contributed by atoms with Crippen LogP contribution in [0.25, 0.3) is 11.0 Å². The van der Waals surface area contributed by atoms with E-state index < -0.39 is 0 Å². The number of amides is 1. The van der Waals surface area contributed by atoms with Crippen LogP contribution in [0, 0.1) is 6.92 Å². The third-order valence-electron chi connectivity index (χ3n) is 6.04. The van der Waals surface area contributed by atoms with E-state index in [-0.39, 0.29) is 11.3 Å². The summed E-state index contributed by atoms with van der Waals surface area (Å²) in [5.41, 5.74) is 4.27. The molecule has 0 spiro atoms. The zero-order chi connectivity index (χ0) is 25.3. The average Bonchev–Trinajstić information content (AvgIpc) is 3.35. The van der Waals surface area contributed by atoms with E-state index in [2.05, 4.69) is 61.5 Å². The number of hydrogen-bond donors (Lipinski definition) is 3. The lowest BCUT2D eigenvalue weighted by molar-refractivity contribution is 0.102. The van der Waals surface area contributed by atoms with Crippen molar-refractivity contribution in [1.29, 1.82) is 0 Å². The lowest BCUT2D eigenvalue weighted by Crippen LogP contribution is -2.37. The van der Waals surface area contributed by atoms with Crippen LogP contribution in [-0.4, -0.2) is 62.3 Å². The molecule has 0 radical (unpaired) electrons. The molecule has 0 saturated carbocycles. The number of rotatable bonds is 5. The molecule has 0 unspecified atom stereocenters. The molecule has 1 aliphatic heterocycles. The Bertz CT molecular complexity index is 1400. The number of anilines is 4. The van der Waals surface area contributed by atoms with Crippen molar-refractivity contribution < 1.29 is 9.53 Å². The van der Waals surface area contributed by atoms with Gasteiger partial charge in [0.1, 0.15) is 17.4 Å². The molecule has 1 saturated heterocycles. The number of H-pyrrole nitrogens is 1. The number of aryl methyl sites for hydroxylation is 1. The quantitative estimate of drug-likeness (QED) is 0.386. The minimum atomic E-state index is -0.255. The van der Waals surface area contributed by atoms with E-state index in [0.29, 0.717) is 47.4 Å². The van der Waals surface area contributed by atoms with Gasteiger partial charge in [0.25, 0.3) is 5.91 Å². The summed E-state index contributed by atoms with van der Waals surface area (Å²) in [7, 11) is 0. The lowest BCUT2D eigenvalue weighted by Gasteiger charge is -2.26. The number of nitrogens with one attached hydrogen (secondary N) is 3. The van der Waals surface area contributed by atoms with Gasteiger partial charge in [0.2, 0.25) is 5.95 Å². The van der Waals surface area contributed by atoms with Crippen molar-refractivity contribution >= 4 is 40.2 Å². The molecular formula is C25H29N9O2. The fourth-order valence-electron chi connectivity index (χ4n) is 3.84. The zero-order valence-electron chi connectivity index (χ0n) is 20.8. The highest BCUT2D eigenvalue weighted by molar-refractivity contribution is 6.04. The third-order valence-corrected chi connectivity index (χ3v) is 6.04. The first-order valence-corrected chi connectivity index (χ1v) is 11.8. The topological polar surface area (TPSA) is 134 Å². The molecule has 36 heavy (non-hydrogen) atoms. The van der Waals surface area contributed by atoms with E-state index in [9.17, 15) is 4.79 Å². The van der Waals surface area contributed by atoms with Crippen molar-refractivity contribution in [2.45, 2.75) is 33.1 Å². The van der Waals surface area contributed by atoms with E-state index in [1.165, 1.54) is 6.33 Å². The van der Waals surface area contributed by atoms with E-state index in [0.717, 1.165) is 30.0 Å². The molecule has 0 aliphatic carbocycles. The third kappa shape index (κ3) is 4.96. The first-order valence-electron chi connectivity index (χ1n) is 11.8. The highest BCUT2D eigenvalue weighted by Gasteiger charge is 2.19. The van der Waals surface area contributed by atoms with Gasteiger partial charge in [0, 0.05) is 41.5 Å². The zero-order valence-corrected chi connectivity index (χ0v) is 20.8. The van der Waals surface area contributed by atoms with Gasteiger partial charge < -0.3 is 20.3 Å². The summed E-state index contributed by atoms with van der Waals surface area (Å²) >= 11 is 0. The van der Waals surface area contributed by atoms with E-state index in [1.54, 1.807) is 18.3 Å². The molecular weight excluding hydrogens is 458 g/mol. The van der Waals surface area contributed by atoms with Crippen molar-refractivity contribution in [3.05, 3.63) is 53.6 Å². The Morgan fingerprint density at radius 2 is 1.92 bits per heavy atom. The smallest absolute Gasteiger partial charge is 0.256 e. The molecule has 186 valence electrons. The summed E-state index contributed by atoms with van der Waals surface area (Å²) in [6.45, 7) is 10.9. The molecule has 4 aromatic rings. The fourth-order valence-corrected chi connectivity index (χ4v) is 3.84. The average molecular weight is 488 g/mol. The molecule has 11 heteroatoms.